The SMILES string of the molecule is C[C@H]1O[C@@H](n2cc(F)c(N)nc2=O)[C@@H]2OC(C)(C)OC21. The number of rotatable bonds is 1. The maximum absolute atomic E-state index is 13.5. The Morgan fingerprint density at radius 1 is 1.40 bits per heavy atom. The highest BCUT2D eigenvalue weighted by molar-refractivity contribution is 5.26. The summed E-state index contributed by atoms with van der Waals surface area (Å²) in [6.07, 6.45) is -0.893. The molecule has 110 valence electrons. The molecule has 8 heteroatoms. The molecule has 1 aromatic rings. The highest BCUT2D eigenvalue weighted by Gasteiger charge is 2.54. The first-order valence-electron chi connectivity index (χ1n) is 6.34. The fourth-order valence-electron chi connectivity index (χ4n) is 2.64. The quantitative estimate of drug-likeness (QED) is 0.803. The minimum absolute atomic E-state index is 0.278. The van der Waals surface area contributed by atoms with Crippen molar-refractivity contribution in [3.05, 3.63) is 22.5 Å². The second-order valence-electron chi connectivity index (χ2n) is 5.46. The van der Waals surface area contributed by atoms with Gasteiger partial charge in [0.1, 0.15) is 12.2 Å². The maximum Gasteiger partial charge on any atom is 0.351 e. The molecule has 3 rings (SSSR count). The van der Waals surface area contributed by atoms with Crippen LogP contribution in [0.3, 0.4) is 0 Å². The molecule has 2 aliphatic rings. The molecule has 0 saturated carbocycles. The van der Waals surface area contributed by atoms with Crippen molar-refractivity contribution >= 4 is 5.82 Å². The highest BCUT2D eigenvalue weighted by atomic mass is 19.1. The number of halogens is 1. The zero-order valence-corrected chi connectivity index (χ0v) is 11.4. The monoisotopic (exact) mass is 285 g/mol. The standard InChI is InChI=1S/C12H16FN3O4/c1-5-7-8(20-12(2,3)19-7)10(18-5)16-4-6(13)9(14)15-11(16)17/h4-5,7-8,10H,1-3H3,(H2,14,15,17)/t5-,7?,8-,10-/m1/s1. The van der Waals surface area contributed by atoms with Gasteiger partial charge in [-0.15, -0.1) is 0 Å². The molecule has 0 aromatic carbocycles. The molecule has 1 aromatic heterocycles. The van der Waals surface area contributed by atoms with E-state index < -0.39 is 35.4 Å². The third-order valence-corrected chi connectivity index (χ3v) is 3.47. The summed E-state index contributed by atoms with van der Waals surface area (Å²) in [5, 5.41) is 0. The van der Waals surface area contributed by atoms with Gasteiger partial charge >= 0.3 is 5.69 Å². The lowest BCUT2D eigenvalue weighted by atomic mass is 10.1. The summed E-state index contributed by atoms with van der Waals surface area (Å²) in [5.41, 5.74) is 4.58. The summed E-state index contributed by atoms with van der Waals surface area (Å²) in [4.78, 5) is 15.3. The average molecular weight is 285 g/mol. The number of hydrogen-bond acceptors (Lipinski definition) is 6. The van der Waals surface area contributed by atoms with E-state index in [1.54, 1.807) is 13.8 Å². The Balaban J connectivity index is 1.99. The van der Waals surface area contributed by atoms with Gasteiger partial charge in [-0.05, 0) is 20.8 Å². The number of aromatic nitrogens is 2. The molecule has 0 amide bonds. The molecule has 20 heavy (non-hydrogen) atoms. The third kappa shape index (κ3) is 2.00. The number of hydrogen-bond donors (Lipinski definition) is 1. The van der Waals surface area contributed by atoms with Crippen molar-refractivity contribution in [2.75, 3.05) is 5.73 Å². The van der Waals surface area contributed by atoms with Gasteiger partial charge in [0.05, 0.1) is 12.3 Å². The summed E-state index contributed by atoms with van der Waals surface area (Å²) in [7, 11) is 0. The van der Waals surface area contributed by atoms with E-state index in [4.69, 9.17) is 19.9 Å². The fraction of sp³-hybridized carbons (Fsp3) is 0.667. The lowest BCUT2D eigenvalue weighted by Gasteiger charge is -2.23. The summed E-state index contributed by atoms with van der Waals surface area (Å²) in [6.45, 7) is 5.37. The summed E-state index contributed by atoms with van der Waals surface area (Å²) >= 11 is 0. The van der Waals surface area contributed by atoms with Crippen LogP contribution in [-0.4, -0.2) is 33.7 Å². The van der Waals surface area contributed by atoms with Crippen LogP contribution in [0.1, 0.15) is 27.0 Å². The number of nitrogen functional groups attached to an aromatic ring is 1. The predicted molar refractivity (Wildman–Crippen MR) is 66.3 cm³/mol. The molecule has 0 aliphatic carbocycles. The number of nitrogens with zero attached hydrogens (tertiary/aromatic N) is 2. The molecular formula is C12H16FN3O4. The first-order valence-corrected chi connectivity index (χ1v) is 6.34. The van der Waals surface area contributed by atoms with Gasteiger partial charge in [0.2, 0.25) is 0 Å². The number of fused-ring (bicyclic) bond motifs is 1. The van der Waals surface area contributed by atoms with Gasteiger partial charge in [-0.1, -0.05) is 0 Å². The molecule has 2 aliphatic heterocycles. The second kappa shape index (κ2) is 4.24. The molecule has 3 heterocycles. The van der Waals surface area contributed by atoms with Crippen LogP contribution in [0.5, 0.6) is 0 Å². The van der Waals surface area contributed by atoms with Gasteiger partial charge < -0.3 is 19.9 Å². The van der Waals surface area contributed by atoms with Crippen LogP contribution >= 0.6 is 0 Å². The molecule has 2 saturated heterocycles. The zero-order valence-electron chi connectivity index (χ0n) is 11.4. The average Bonchev–Trinajstić information content (AvgIpc) is 2.80. The first kappa shape index (κ1) is 13.5. The Bertz CT molecular complexity index is 603. The van der Waals surface area contributed by atoms with E-state index in [1.807, 2.05) is 6.92 Å². The normalized spacial score (nSPS) is 35.2. The number of ether oxygens (including phenoxy) is 3. The van der Waals surface area contributed by atoms with Crippen LogP contribution in [0.2, 0.25) is 0 Å². The van der Waals surface area contributed by atoms with Crippen molar-refractivity contribution in [1.82, 2.24) is 9.55 Å². The Morgan fingerprint density at radius 2 is 2.05 bits per heavy atom. The number of nitrogens with two attached hydrogens (primary N) is 1. The van der Waals surface area contributed by atoms with E-state index in [9.17, 15) is 9.18 Å². The van der Waals surface area contributed by atoms with Crippen molar-refractivity contribution in [3.8, 4) is 0 Å². The fourth-order valence-corrected chi connectivity index (χ4v) is 2.64. The van der Waals surface area contributed by atoms with Crippen molar-refractivity contribution in [3.63, 3.8) is 0 Å². The van der Waals surface area contributed by atoms with Gasteiger partial charge in [0.25, 0.3) is 0 Å². The van der Waals surface area contributed by atoms with Gasteiger partial charge in [0, 0.05) is 0 Å². The van der Waals surface area contributed by atoms with Crippen LogP contribution in [-0.2, 0) is 14.2 Å². The predicted octanol–water partition coefficient (Wildman–Crippen LogP) is 0.402. The molecule has 1 unspecified atom stereocenters. The third-order valence-electron chi connectivity index (χ3n) is 3.47. The molecular weight excluding hydrogens is 269 g/mol. The highest BCUT2D eigenvalue weighted by Crippen LogP contribution is 2.42. The minimum Gasteiger partial charge on any atom is -0.381 e. The summed E-state index contributed by atoms with van der Waals surface area (Å²) in [5.74, 6) is -1.98. The molecule has 2 fully saturated rings. The van der Waals surface area contributed by atoms with E-state index in [0.717, 1.165) is 10.8 Å². The molecule has 0 bridgehead atoms. The molecule has 4 atom stereocenters. The summed E-state index contributed by atoms with van der Waals surface area (Å²) in [6, 6.07) is 0. The van der Waals surface area contributed by atoms with E-state index >= 15 is 0 Å². The van der Waals surface area contributed by atoms with Gasteiger partial charge in [0.15, 0.2) is 23.7 Å². The van der Waals surface area contributed by atoms with Crippen LogP contribution in [0.25, 0.3) is 0 Å². The van der Waals surface area contributed by atoms with Crippen LogP contribution < -0.4 is 11.4 Å². The van der Waals surface area contributed by atoms with Gasteiger partial charge in [-0.2, -0.15) is 4.98 Å². The molecule has 2 N–H and O–H groups in total. The van der Waals surface area contributed by atoms with E-state index in [2.05, 4.69) is 4.98 Å². The number of anilines is 1. The maximum atomic E-state index is 13.5. The topological polar surface area (TPSA) is 88.6 Å². The van der Waals surface area contributed by atoms with Crippen LogP contribution in [0.4, 0.5) is 10.2 Å². The van der Waals surface area contributed by atoms with Crippen molar-refractivity contribution in [2.45, 2.75) is 51.1 Å². The summed E-state index contributed by atoms with van der Waals surface area (Å²) < 4.78 is 31.7. The molecule has 0 radical (unpaired) electrons. The smallest absolute Gasteiger partial charge is 0.351 e. The zero-order chi connectivity index (χ0) is 14.7. The molecule has 7 nitrogen and oxygen atoms in total. The van der Waals surface area contributed by atoms with Crippen molar-refractivity contribution in [1.29, 1.82) is 0 Å². The van der Waals surface area contributed by atoms with E-state index in [-0.39, 0.29) is 12.2 Å². The Kier molecular flexibility index (Phi) is 2.86. The largest absolute Gasteiger partial charge is 0.381 e. The van der Waals surface area contributed by atoms with E-state index in [0.29, 0.717) is 0 Å². The van der Waals surface area contributed by atoms with Gasteiger partial charge in [-0.25, -0.2) is 9.18 Å². The lowest BCUT2D eigenvalue weighted by Crippen LogP contribution is -2.35. The molecule has 0 spiro atoms. The lowest BCUT2D eigenvalue weighted by molar-refractivity contribution is -0.195. The van der Waals surface area contributed by atoms with Crippen LogP contribution in [0, 0.1) is 5.82 Å². The minimum atomic E-state index is -0.785. The first-order chi connectivity index (χ1) is 9.28. The Hall–Kier alpha value is -1.51. The van der Waals surface area contributed by atoms with Crippen molar-refractivity contribution < 1.29 is 18.6 Å². The Labute approximate surface area is 114 Å². The van der Waals surface area contributed by atoms with Crippen LogP contribution in [0.15, 0.2) is 11.0 Å². The second-order valence-corrected chi connectivity index (χ2v) is 5.46. The Morgan fingerprint density at radius 3 is 2.75 bits per heavy atom. The van der Waals surface area contributed by atoms with Gasteiger partial charge in [-0.3, -0.25) is 4.57 Å². The van der Waals surface area contributed by atoms with E-state index in [1.165, 1.54) is 0 Å². The van der Waals surface area contributed by atoms with Crippen molar-refractivity contribution in [2.24, 2.45) is 0 Å².